The van der Waals surface area contributed by atoms with Crippen molar-refractivity contribution in [2.75, 3.05) is 20.2 Å². The first-order chi connectivity index (χ1) is 6.65. The minimum absolute atomic E-state index is 0.247. The van der Waals surface area contributed by atoms with Crippen molar-refractivity contribution in [2.45, 2.75) is 31.3 Å². The van der Waals surface area contributed by atoms with Gasteiger partial charge in [0, 0.05) is 6.54 Å². The van der Waals surface area contributed by atoms with E-state index in [1.807, 2.05) is 0 Å². The van der Waals surface area contributed by atoms with Crippen LogP contribution in [-0.2, 0) is 9.53 Å². The van der Waals surface area contributed by atoms with Crippen molar-refractivity contribution in [1.29, 1.82) is 0 Å². The second-order valence-electron chi connectivity index (χ2n) is 4.39. The molecule has 1 heterocycles. The van der Waals surface area contributed by atoms with Crippen molar-refractivity contribution >= 4 is 5.97 Å². The maximum absolute atomic E-state index is 11.6. The summed E-state index contributed by atoms with van der Waals surface area (Å²) in [6.45, 7) is 1.45. The van der Waals surface area contributed by atoms with E-state index in [0.29, 0.717) is 13.0 Å². The Morgan fingerprint density at radius 3 is 2.57 bits per heavy atom. The summed E-state index contributed by atoms with van der Waals surface area (Å²) in [7, 11) is 1.39. The van der Waals surface area contributed by atoms with Crippen molar-refractivity contribution in [3.8, 4) is 0 Å². The molecular formula is C10H17NO3. The number of esters is 1. The Kier molecular flexibility index (Phi) is 2.27. The fourth-order valence-corrected chi connectivity index (χ4v) is 2.48. The molecule has 2 aliphatic rings. The molecule has 0 aromatic carbocycles. The van der Waals surface area contributed by atoms with Crippen LogP contribution < -0.4 is 5.32 Å². The highest BCUT2D eigenvalue weighted by atomic mass is 16.5. The standard InChI is InChI=1S/C10H17NO3/c1-14-8(12)9(4-5-9)10(13)3-2-6-11-7-10/h11,13H,2-7H2,1H3. The third-order valence-corrected chi connectivity index (χ3v) is 3.58. The minimum Gasteiger partial charge on any atom is -0.469 e. The van der Waals surface area contributed by atoms with E-state index < -0.39 is 11.0 Å². The third kappa shape index (κ3) is 1.25. The van der Waals surface area contributed by atoms with E-state index in [4.69, 9.17) is 4.74 Å². The molecule has 2 rings (SSSR count). The van der Waals surface area contributed by atoms with Gasteiger partial charge in [-0.05, 0) is 32.2 Å². The molecule has 14 heavy (non-hydrogen) atoms. The lowest BCUT2D eigenvalue weighted by atomic mass is 9.78. The molecule has 2 N–H and O–H groups in total. The van der Waals surface area contributed by atoms with Gasteiger partial charge in [0.1, 0.15) is 0 Å². The van der Waals surface area contributed by atoms with Crippen molar-refractivity contribution in [3.05, 3.63) is 0 Å². The number of rotatable bonds is 2. The van der Waals surface area contributed by atoms with Gasteiger partial charge in [-0.25, -0.2) is 0 Å². The lowest BCUT2D eigenvalue weighted by Crippen LogP contribution is -2.54. The molecule has 0 amide bonds. The van der Waals surface area contributed by atoms with Crippen molar-refractivity contribution < 1.29 is 14.6 Å². The van der Waals surface area contributed by atoms with Crippen LogP contribution in [-0.4, -0.2) is 36.9 Å². The maximum atomic E-state index is 11.6. The number of carbonyl (C=O) groups excluding carboxylic acids is 1. The van der Waals surface area contributed by atoms with Gasteiger partial charge in [-0.3, -0.25) is 4.79 Å². The van der Waals surface area contributed by atoms with Gasteiger partial charge in [-0.1, -0.05) is 0 Å². The van der Waals surface area contributed by atoms with Crippen LogP contribution >= 0.6 is 0 Å². The number of methoxy groups -OCH3 is 1. The second-order valence-corrected chi connectivity index (χ2v) is 4.39. The number of β-amino-alcohol motifs (C(OH)–C–C–N with tert-alkyl or cyclic N) is 1. The summed E-state index contributed by atoms with van der Waals surface area (Å²) < 4.78 is 4.77. The van der Waals surface area contributed by atoms with Gasteiger partial charge in [-0.2, -0.15) is 0 Å². The summed E-state index contributed by atoms with van der Waals surface area (Å²) in [5, 5.41) is 13.5. The van der Waals surface area contributed by atoms with Gasteiger partial charge in [-0.15, -0.1) is 0 Å². The summed E-state index contributed by atoms with van der Waals surface area (Å²) >= 11 is 0. The van der Waals surface area contributed by atoms with Crippen LogP contribution in [0, 0.1) is 5.41 Å². The quantitative estimate of drug-likeness (QED) is 0.617. The molecular weight excluding hydrogens is 182 g/mol. The second kappa shape index (κ2) is 3.21. The molecule has 1 unspecified atom stereocenters. The van der Waals surface area contributed by atoms with Crippen molar-refractivity contribution in [1.82, 2.24) is 5.32 Å². The van der Waals surface area contributed by atoms with Gasteiger partial charge in [0.25, 0.3) is 0 Å². The van der Waals surface area contributed by atoms with Crippen molar-refractivity contribution in [2.24, 2.45) is 5.41 Å². The molecule has 4 nitrogen and oxygen atoms in total. The Labute approximate surface area is 83.6 Å². The first kappa shape index (κ1) is 9.93. The molecule has 0 bridgehead atoms. The average Bonchev–Trinajstić information content (AvgIpc) is 2.99. The van der Waals surface area contributed by atoms with Crippen LogP contribution in [0.1, 0.15) is 25.7 Å². The van der Waals surface area contributed by atoms with E-state index >= 15 is 0 Å². The van der Waals surface area contributed by atoms with Gasteiger partial charge in [0.15, 0.2) is 0 Å². The van der Waals surface area contributed by atoms with E-state index in [0.717, 1.165) is 25.8 Å². The highest BCUT2D eigenvalue weighted by Gasteiger charge is 2.64. The number of aliphatic hydroxyl groups is 1. The van der Waals surface area contributed by atoms with Crippen molar-refractivity contribution in [3.63, 3.8) is 0 Å². The lowest BCUT2D eigenvalue weighted by molar-refractivity contribution is -0.161. The van der Waals surface area contributed by atoms with Gasteiger partial charge >= 0.3 is 5.97 Å². The Morgan fingerprint density at radius 2 is 2.14 bits per heavy atom. The number of nitrogens with one attached hydrogen (secondary N) is 1. The smallest absolute Gasteiger partial charge is 0.314 e. The zero-order valence-corrected chi connectivity index (χ0v) is 8.51. The van der Waals surface area contributed by atoms with E-state index in [9.17, 15) is 9.90 Å². The highest BCUT2D eigenvalue weighted by Crippen LogP contribution is 2.56. The normalized spacial score (nSPS) is 35.0. The fraction of sp³-hybridized carbons (Fsp3) is 0.900. The summed E-state index contributed by atoms with van der Waals surface area (Å²) in [6, 6.07) is 0. The molecule has 1 saturated heterocycles. The monoisotopic (exact) mass is 199 g/mol. The molecule has 1 saturated carbocycles. The number of ether oxygens (including phenoxy) is 1. The number of piperidine rings is 1. The number of carbonyl (C=O) groups is 1. The van der Waals surface area contributed by atoms with Crippen LogP contribution in [0.15, 0.2) is 0 Å². The molecule has 0 aromatic heterocycles. The summed E-state index contributed by atoms with van der Waals surface area (Å²) in [5.41, 5.74) is -1.48. The molecule has 1 atom stereocenters. The van der Waals surface area contributed by atoms with Crippen LogP contribution in [0.2, 0.25) is 0 Å². The number of hydrogen-bond acceptors (Lipinski definition) is 4. The molecule has 1 aliphatic carbocycles. The summed E-state index contributed by atoms with van der Waals surface area (Å²) in [4.78, 5) is 11.6. The number of hydrogen-bond donors (Lipinski definition) is 2. The zero-order chi connectivity index (χ0) is 10.2. The first-order valence-corrected chi connectivity index (χ1v) is 5.16. The van der Waals surface area contributed by atoms with Crippen LogP contribution in [0.3, 0.4) is 0 Å². The predicted molar refractivity (Wildman–Crippen MR) is 50.7 cm³/mol. The molecule has 1 aliphatic heterocycles. The predicted octanol–water partition coefficient (Wildman–Crippen LogP) is 0.0541. The van der Waals surface area contributed by atoms with Gasteiger partial charge in [0.2, 0.25) is 0 Å². The Bertz CT molecular complexity index is 242. The van der Waals surface area contributed by atoms with Crippen LogP contribution in [0.4, 0.5) is 0 Å². The van der Waals surface area contributed by atoms with Gasteiger partial charge in [0.05, 0.1) is 18.1 Å². The SMILES string of the molecule is COC(=O)C1(C2(O)CCCNC2)CC1. The van der Waals surface area contributed by atoms with Gasteiger partial charge < -0.3 is 15.2 Å². The van der Waals surface area contributed by atoms with Crippen LogP contribution in [0.5, 0.6) is 0 Å². The Balaban J connectivity index is 2.15. The Morgan fingerprint density at radius 1 is 1.43 bits per heavy atom. The lowest BCUT2D eigenvalue weighted by Gasteiger charge is -2.38. The largest absolute Gasteiger partial charge is 0.469 e. The zero-order valence-electron chi connectivity index (χ0n) is 8.51. The molecule has 0 spiro atoms. The van der Waals surface area contributed by atoms with E-state index in [-0.39, 0.29) is 5.97 Å². The molecule has 0 aromatic rings. The van der Waals surface area contributed by atoms with E-state index in [1.165, 1.54) is 7.11 Å². The molecule has 4 heteroatoms. The third-order valence-electron chi connectivity index (χ3n) is 3.58. The highest BCUT2D eigenvalue weighted by molar-refractivity contribution is 5.81. The first-order valence-electron chi connectivity index (χ1n) is 5.16. The maximum Gasteiger partial charge on any atom is 0.314 e. The van der Waals surface area contributed by atoms with Crippen LogP contribution in [0.25, 0.3) is 0 Å². The molecule has 0 radical (unpaired) electrons. The molecule has 2 fully saturated rings. The average molecular weight is 199 g/mol. The van der Waals surface area contributed by atoms with E-state index in [1.54, 1.807) is 0 Å². The fourth-order valence-electron chi connectivity index (χ4n) is 2.48. The topological polar surface area (TPSA) is 58.6 Å². The minimum atomic E-state index is -0.877. The molecule has 80 valence electrons. The summed E-state index contributed by atoms with van der Waals surface area (Å²) in [5.74, 6) is -0.247. The Hall–Kier alpha value is -0.610. The van der Waals surface area contributed by atoms with E-state index in [2.05, 4.69) is 5.32 Å². The summed E-state index contributed by atoms with van der Waals surface area (Å²) in [6.07, 6.45) is 3.15.